The summed E-state index contributed by atoms with van der Waals surface area (Å²) in [6, 6.07) is 11.3. The maximum absolute atomic E-state index is 13.4. The van der Waals surface area contributed by atoms with Crippen LogP contribution in [0.4, 0.5) is 21.6 Å². The first-order chi connectivity index (χ1) is 14.4. The van der Waals surface area contributed by atoms with Crippen molar-refractivity contribution < 1.29 is 23.2 Å². The number of hydrogen-bond acceptors (Lipinski definition) is 6. The largest absolute Gasteiger partial charge is 0.495 e. The van der Waals surface area contributed by atoms with Gasteiger partial charge in [-0.05, 0) is 50.2 Å². The number of methoxy groups -OCH3 is 1. The van der Waals surface area contributed by atoms with E-state index in [4.69, 9.17) is 9.26 Å². The van der Waals surface area contributed by atoms with Crippen LogP contribution in [0.5, 0.6) is 5.75 Å². The van der Waals surface area contributed by atoms with Gasteiger partial charge in [-0.1, -0.05) is 11.2 Å². The van der Waals surface area contributed by atoms with E-state index in [-0.39, 0.29) is 11.5 Å². The first-order valence-corrected chi connectivity index (χ1v) is 9.11. The highest BCUT2D eigenvalue weighted by atomic mass is 19.1. The normalized spacial score (nSPS) is 11.5. The minimum absolute atomic E-state index is 0.172. The third-order valence-electron chi connectivity index (χ3n) is 4.19. The van der Waals surface area contributed by atoms with Gasteiger partial charge < -0.3 is 25.2 Å². The first-order valence-electron chi connectivity index (χ1n) is 9.11. The zero-order chi connectivity index (χ0) is 21.7. The van der Waals surface area contributed by atoms with Crippen molar-refractivity contribution >= 4 is 29.0 Å². The topological polar surface area (TPSA) is 105 Å². The quantitative estimate of drug-likeness (QED) is 0.545. The highest BCUT2D eigenvalue weighted by Gasteiger charge is 2.16. The van der Waals surface area contributed by atoms with Crippen molar-refractivity contribution in [2.45, 2.75) is 19.9 Å². The Morgan fingerprint density at radius 1 is 1.13 bits per heavy atom. The third kappa shape index (κ3) is 5.13. The number of halogens is 1. The summed E-state index contributed by atoms with van der Waals surface area (Å²) in [4.78, 5) is 24.8. The summed E-state index contributed by atoms with van der Waals surface area (Å²) in [6.07, 6.45) is 0. The van der Waals surface area contributed by atoms with Crippen LogP contribution in [-0.4, -0.2) is 30.1 Å². The van der Waals surface area contributed by atoms with Crippen molar-refractivity contribution in [2.75, 3.05) is 23.1 Å². The minimum atomic E-state index is -0.609. The molecule has 0 radical (unpaired) electrons. The van der Waals surface area contributed by atoms with Gasteiger partial charge in [-0.15, -0.1) is 0 Å². The maximum Gasteiger partial charge on any atom is 0.255 e. The van der Waals surface area contributed by atoms with Crippen LogP contribution in [0.3, 0.4) is 0 Å². The van der Waals surface area contributed by atoms with Gasteiger partial charge in [0.1, 0.15) is 23.4 Å². The molecule has 1 aromatic heterocycles. The van der Waals surface area contributed by atoms with Crippen molar-refractivity contribution in [3.05, 3.63) is 65.7 Å². The van der Waals surface area contributed by atoms with Crippen LogP contribution in [-0.2, 0) is 4.79 Å². The van der Waals surface area contributed by atoms with E-state index in [1.165, 1.54) is 25.3 Å². The van der Waals surface area contributed by atoms with Gasteiger partial charge >= 0.3 is 0 Å². The standard InChI is InChI=1S/C21H21FN4O4/c1-12-9-19(26-30-12)25-20(27)13(2)23-16-7-8-18(29-3)17(11-16)24-21(28)14-5-4-6-15(22)10-14/h4-11,13,23H,1-3H3,(H,24,28)(H,25,26,27). The first kappa shape index (κ1) is 20.8. The van der Waals surface area contributed by atoms with Crippen molar-refractivity contribution in [1.29, 1.82) is 0 Å². The Kier molecular flexibility index (Phi) is 6.31. The molecular weight excluding hydrogens is 391 g/mol. The Bertz CT molecular complexity index is 1070. The predicted molar refractivity (Wildman–Crippen MR) is 110 cm³/mol. The number of aryl methyl sites for hydroxylation is 1. The van der Waals surface area contributed by atoms with Gasteiger partial charge in [0.25, 0.3) is 5.91 Å². The molecule has 0 spiro atoms. The molecule has 156 valence electrons. The van der Waals surface area contributed by atoms with Gasteiger partial charge in [0.2, 0.25) is 5.91 Å². The number of benzene rings is 2. The summed E-state index contributed by atoms with van der Waals surface area (Å²) in [5.74, 6) is 0.0120. The highest BCUT2D eigenvalue weighted by Crippen LogP contribution is 2.29. The van der Waals surface area contributed by atoms with Crippen LogP contribution in [0.15, 0.2) is 53.1 Å². The molecule has 3 N–H and O–H groups in total. The van der Waals surface area contributed by atoms with E-state index >= 15 is 0 Å². The van der Waals surface area contributed by atoms with E-state index in [1.54, 1.807) is 38.1 Å². The predicted octanol–water partition coefficient (Wildman–Crippen LogP) is 3.82. The second kappa shape index (κ2) is 9.08. The van der Waals surface area contributed by atoms with Gasteiger partial charge in [-0.2, -0.15) is 0 Å². The zero-order valence-electron chi connectivity index (χ0n) is 16.7. The van der Waals surface area contributed by atoms with Crippen molar-refractivity contribution in [3.63, 3.8) is 0 Å². The number of rotatable bonds is 7. The fourth-order valence-electron chi connectivity index (χ4n) is 2.69. The third-order valence-corrected chi connectivity index (χ3v) is 4.19. The van der Waals surface area contributed by atoms with E-state index in [0.29, 0.717) is 28.7 Å². The van der Waals surface area contributed by atoms with Crippen LogP contribution >= 0.6 is 0 Å². The molecule has 2 amide bonds. The highest BCUT2D eigenvalue weighted by molar-refractivity contribution is 6.05. The lowest BCUT2D eigenvalue weighted by Gasteiger charge is -2.17. The minimum Gasteiger partial charge on any atom is -0.495 e. The molecule has 1 unspecified atom stereocenters. The monoisotopic (exact) mass is 412 g/mol. The SMILES string of the molecule is COc1ccc(NC(C)C(=O)Nc2cc(C)on2)cc1NC(=O)c1cccc(F)c1. The molecule has 0 bridgehead atoms. The summed E-state index contributed by atoms with van der Waals surface area (Å²) in [5.41, 5.74) is 1.12. The van der Waals surface area contributed by atoms with Gasteiger partial charge in [0, 0.05) is 17.3 Å². The number of amides is 2. The van der Waals surface area contributed by atoms with Gasteiger partial charge in [-0.25, -0.2) is 4.39 Å². The van der Waals surface area contributed by atoms with Crippen LogP contribution < -0.4 is 20.7 Å². The van der Waals surface area contributed by atoms with Crippen molar-refractivity contribution in [3.8, 4) is 5.75 Å². The van der Waals surface area contributed by atoms with Crippen molar-refractivity contribution in [2.24, 2.45) is 0 Å². The fourth-order valence-corrected chi connectivity index (χ4v) is 2.69. The van der Waals surface area contributed by atoms with Crippen LogP contribution in [0.2, 0.25) is 0 Å². The smallest absolute Gasteiger partial charge is 0.255 e. The molecule has 0 fully saturated rings. The average Bonchev–Trinajstić information content (AvgIpc) is 3.12. The molecule has 0 aliphatic carbocycles. The Morgan fingerprint density at radius 3 is 2.60 bits per heavy atom. The number of carbonyl (C=O) groups excluding carboxylic acids is 2. The molecule has 0 saturated carbocycles. The summed E-state index contributed by atoms with van der Waals surface area (Å²) >= 11 is 0. The Labute approximate surface area is 172 Å². The molecule has 0 saturated heterocycles. The summed E-state index contributed by atoms with van der Waals surface area (Å²) < 4.78 is 23.6. The lowest BCUT2D eigenvalue weighted by molar-refractivity contribution is -0.116. The van der Waals surface area contributed by atoms with Crippen molar-refractivity contribution in [1.82, 2.24) is 5.16 Å². The van der Waals surface area contributed by atoms with E-state index < -0.39 is 17.8 Å². The lowest BCUT2D eigenvalue weighted by Crippen LogP contribution is -2.32. The molecule has 30 heavy (non-hydrogen) atoms. The molecular formula is C21H21FN4O4. The number of aromatic nitrogens is 1. The number of hydrogen-bond donors (Lipinski definition) is 3. The molecule has 3 rings (SSSR count). The maximum atomic E-state index is 13.4. The molecule has 2 aromatic carbocycles. The van der Waals surface area contributed by atoms with Gasteiger partial charge in [0.05, 0.1) is 12.8 Å². The number of ether oxygens (including phenoxy) is 1. The Balaban J connectivity index is 1.71. The van der Waals surface area contributed by atoms with Crippen LogP contribution in [0, 0.1) is 12.7 Å². The molecule has 1 heterocycles. The summed E-state index contributed by atoms with van der Waals surface area (Å²) in [5, 5.41) is 12.1. The number of nitrogens with one attached hydrogen (secondary N) is 3. The second-order valence-corrected chi connectivity index (χ2v) is 6.56. The molecule has 3 aromatic rings. The number of nitrogens with zero attached hydrogens (tertiary/aromatic N) is 1. The van der Waals surface area contributed by atoms with E-state index in [1.807, 2.05) is 0 Å². The molecule has 0 aliphatic heterocycles. The molecule has 8 nitrogen and oxygen atoms in total. The average molecular weight is 412 g/mol. The fraction of sp³-hybridized carbons (Fsp3) is 0.190. The summed E-state index contributed by atoms with van der Waals surface area (Å²) in [6.45, 7) is 3.40. The molecule has 0 aliphatic rings. The summed E-state index contributed by atoms with van der Waals surface area (Å²) in [7, 11) is 1.47. The zero-order valence-corrected chi connectivity index (χ0v) is 16.7. The number of anilines is 3. The van der Waals surface area contributed by atoms with E-state index in [9.17, 15) is 14.0 Å². The Morgan fingerprint density at radius 2 is 1.93 bits per heavy atom. The number of carbonyl (C=O) groups is 2. The van der Waals surface area contributed by atoms with Gasteiger partial charge in [0.15, 0.2) is 5.82 Å². The van der Waals surface area contributed by atoms with Crippen LogP contribution in [0.25, 0.3) is 0 Å². The van der Waals surface area contributed by atoms with Gasteiger partial charge in [-0.3, -0.25) is 9.59 Å². The Hall–Kier alpha value is -3.88. The second-order valence-electron chi connectivity index (χ2n) is 6.56. The van der Waals surface area contributed by atoms with E-state index in [0.717, 1.165) is 6.07 Å². The van der Waals surface area contributed by atoms with Crippen LogP contribution in [0.1, 0.15) is 23.0 Å². The lowest BCUT2D eigenvalue weighted by atomic mass is 10.2. The molecule has 1 atom stereocenters. The molecule has 9 heteroatoms. The van der Waals surface area contributed by atoms with E-state index in [2.05, 4.69) is 21.1 Å².